The molecule has 4 aromatic rings. The molecule has 1 amide bonds. The third kappa shape index (κ3) is 3.86. The fourth-order valence-corrected chi connectivity index (χ4v) is 4.78. The molecule has 4 rings (SSSR count). The van der Waals surface area contributed by atoms with Crippen LogP contribution in [0.1, 0.15) is 42.2 Å². The number of aryl methyl sites for hydroxylation is 1. The van der Waals surface area contributed by atoms with Gasteiger partial charge in [0.15, 0.2) is 16.9 Å². The van der Waals surface area contributed by atoms with Crippen molar-refractivity contribution in [2.24, 2.45) is 17.9 Å². The summed E-state index contributed by atoms with van der Waals surface area (Å²) >= 11 is 2.73. The molecule has 12 heteroatoms. The number of aromatic nitrogens is 5. The van der Waals surface area contributed by atoms with Crippen LogP contribution < -0.4 is 5.73 Å². The number of H-pyrrole nitrogens is 1. The highest BCUT2D eigenvalue weighted by Gasteiger charge is 2.19. The number of amides is 1. The number of hydrazone groups is 1. The number of aldehydes is 1. The molecule has 0 aliphatic heterocycles. The first-order valence-electron chi connectivity index (χ1n) is 8.87. The van der Waals surface area contributed by atoms with E-state index < -0.39 is 5.91 Å². The minimum atomic E-state index is -0.546. The number of carbonyl (C=O) groups excluding carboxylic acids is 2. The van der Waals surface area contributed by atoms with Crippen molar-refractivity contribution < 1.29 is 9.59 Å². The lowest BCUT2D eigenvalue weighted by atomic mass is 10.3. The fourth-order valence-electron chi connectivity index (χ4n) is 2.98. The second kappa shape index (κ2) is 8.16. The number of rotatable bonds is 8. The van der Waals surface area contributed by atoms with Crippen LogP contribution in [0.3, 0.4) is 0 Å². The van der Waals surface area contributed by atoms with Gasteiger partial charge in [-0.05, 0) is 6.07 Å². The number of aromatic amines is 1. The quantitative estimate of drug-likeness (QED) is 0.243. The van der Waals surface area contributed by atoms with E-state index in [9.17, 15) is 9.59 Å². The number of nitrogens with one attached hydrogen (secondary N) is 1. The van der Waals surface area contributed by atoms with Crippen molar-refractivity contribution >= 4 is 51.4 Å². The van der Waals surface area contributed by atoms with Gasteiger partial charge in [-0.2, -0.15) is 10.2 Å². The number of hydrogen-bond donors (Lipinski definition) is 2. The van der Waals surface area contributed by atoms with Crippen molar-refractivity contribution in [3.8, 4) is 0 Å². The standard InChI is InChI=1S/C18H18N8O2S2/c1-25(7-11-9-29-18(22-11)16(19)28)21-6-12-13(8-27)26(2)17-15(12)30-14(23-17)5-10-3-4-20-24-10/h3-4,6,8-9H,5,7H2,1-2H3,(H2,19,28)(H,20,24)/b21-6-. The zero-order chi connectivity index (χ0) is 21.3. The Morgan fingerprint density at radius 1 is 1.43 bits per heavy atom. The Morgan fingerprint density at radius 3 is 2.93 bits per heavy atom. The molecule has 0 aliphatic rings. The highest BCUT2D eigenvalue weighted by molar-refractivity contribution is 7.19. The summed E-state index contributed by atoms with van der Waals surface area (Å²) in [7, 11) is 3.60. The molecule has 0 fully saturated rings. The van der Waals surface area contributed by atoms with Crippen LogP contribution in [0.2, 0.25) is 0 Å². The maximum atomic E-state index is 11.7. The maximum absolute atomic E-state index is 11.7. The number of primary amides is 1. The predicted octanol–water partition coefficient (Wildman–Crippen LogP) is 1.78. The third-order valence-corrected chi connectivity index (χ3v) is 6.39. The molecular weight excluding hydrogens is 424 g/mol. The lowest BCUT2D eigenvalue weighted by molar-refractivity contribution is 0.0999. The fraction of sp³-hybridized carbons (Fsp3) is 0.222. The van der Waals surface area contributed by atoms with Crippen LogP contribution in [-0.4, -0.2) is 55.2 Å². The summed E-state index contributed by atoms with van der Waals surface area (Å²) in [4.78, 5) is 31.7. The van der Waals surface area contributed by atoms with Gasteiger partial charge in [-0.1, -0.05) is 0 Å². The van der Waals surface area contributed by atoms with Gasteiger partial charge in [-0.25, -0.2) is 9.97 Å². The van der Waals surface area contributed by atoms with E-state index in [1.54, 1.807) is 34.4 Å². The highest BCUT2D eigenvalue weighted by atomic mass is 32.1. The van der Waals surface area contributed by atoms with Gasteiger partial charge in [0, 0.05) is 43.4 Å². The van der Waals surface area contributed by atoms with Crippen LogP contribution >= 0.6 is 22.7 Å². The maximum Gasteiger partial charge on any atom is 0.277 e. The summed E-state index contributed by atoms with van der Waals surface area (Å²) in [5.41, 5.74) is 8.89. The van der Waals surface area contributed by atoms with E-state index in [2.05, 4.69) is 25.3 Å². The molecule has 0 bridgehead atoms. The van der Waals surface area contributed by atoms with Crippen molar-refractivity contribution in [2.45, 2.75) is 13.0 Å². The lowest BCUT2D eigenvalue weighted by Crippen LogP contribution is -2.13. The van der Waals surface area contributed by atoms with Gasteiger partial charge >= 0.3 is 0 Å². The van der Waals surface area contributed by atoms with Gasteiger partial charge in [-0.15, -0.1) is 22.7 Å². The Morgan fingerprint density at radius 2 is 2.27 bits per heavy atom. The normalized spacial score (nSPS) is 11.5. The summed E-state index contributed by atoms with van der Waals surface area (Å²) < 4.78 is 2.67. The minimum Gasteiger partial charge on any atom is -0.364 e. The van der Waals surface area contributed by atoms with Crippen molar-refractivity contribution in [1.82, 2.24) is 29.7 Å². The molecule has 3 N–H and O–H groups in total. The average molecular weight is 443 g/mol. The van der Waals surface area contributed by atoms with E-state index in [1.165, 1.54) is 22.7 Å². The molecule has 0 spiro atoms. The molecule has 4 aromatic heterocycles. The van der Waals surface area contributed by atoms with E-state index >= 15 is 0 Å². The zero-order valence-electron chi connectivity index (χ0n) is 16.2. The lowest BCUT2D eigenvalue weighted by Gasteiger charge is -2.10. The van der Waals surface area contributed by atoms with Crippen molar-refractivity contribution in [3.63, 3.8) is 0 Å². The molecule has 0 radical (unpaired) electrons. The number of carbonyl (C=O) groups is 2. The average Bonchev–Trinajstić information content (AvgIpc) is 3.48. The number of hydrogen-bond acceptors (Lipinski definition) is 9. The Bertz CT molecular complexity index is 1230. The SMILES string of the molecule is CN(Cc1csc(C(N)=O)n1)/N=C\c1c(C=O)n(C)c2nc(Cc3ccn[nH]3)sc12. The van der Waals surface area contributed by atoms with Crippen LogP contribution in [-0.2, 0) is 20.0 Å². The monoisotopic (exact) mass is 442 g/mol. The van der Waals surface area contributed by atoms with Crippen molar-refractivity contribution in [1.29, 1.82) is 0 Å². The van der Waals surface area contributed by atoms with Crippen LogP contribution in [0.25, 0.3) is 10.3 Å². The number of thiazole rings is 2. The van der Waals surface area contributed by atoms with Gasteiger partial charge in [0.25, 0.3) is 5.91 Å². The molecule has 10 nitrogen and oxygen atoms in total. The number of nitrogens with two attached hydrogens (primary N) is 1. The Hall–Kier alpha value is -3.38. The zero-order valence-corrected chi connectivity index (χ0v) is 17.8. The third-order valence-electron chi connectivity index (χ3n) is 4.40. The van der Waals surface area contributed by atoms with Gasteiger partial charge in [0.2, 0.25) is 0 Å². The Kier molecular flexibility index (Phi) is 5.42. The molecule has 0 aromatic carbocycles. The first-order chi connectivity index (χ1) is 14.5. The molecule has 0 unspecified atom stereocenters. The van der Waals surface area contributed by atoms with E-state index in [-0.39, 0.29) is 5.01 Å². The molecule has 0 saturated carbocycles. The summed E-state index contributed by atoms with van der Waals surface area (Å²) in [5, 5.41) is 16.0. The largest absolute Gasteiger partial charge is 0.364 e. The van der Waals surface area contributed by atoms with E-state index in [0.717, 1.165) is 32.9 Å². The molecule has 0 aliphatic carbocycles. The van der Waals surface area contributed by atoms with E-state index in [0.29, 0.717) is 24.4 Å². The molecule has 4 heterocycles. The molecule has 154 valence electrons. The van der Waals surface area contributed by atoms with Crippen LogP contribution in [0.5, 0.6) is 0 Å². The Labute approximate surface area is 179 Å². The second-order valence-electron chi connectivity index (χ2n) is 6.56. The summed E-state index contributed by atoms with van der Waals surface area (Å²) in [6.45, 7) is 0.403. The molecular formula is C18H18N8O2S2. The van der Waals surface area contributed by atoms with Crippen molar-refractivity contribution in [2.75, 3.05) is 7.05 Å². The first-order valence-corrected chi connectivity index (χ1v) is 10.6. The Balaban J connectivity index is 1.58. The van der Waals surface area contributed by atoms with Gasteiger partial charge in [-0.3, -0.25) is 19.7 Å². The topological polar surface area (TPSA) is 135 Å². The van der Waals surface area contributed by atoms with E-state index in [4.69, 9.17) is 5.73 Å². The van der Waals surface area contributed by atoms with Gasteiger partial charge in [0.1, 0.15) is 5.01 Å². The molecule has 0 atom stereocenters. The van der Waals surface area contributed by atoms with Crippen LogP contribution in [0.4, 0.5) is 0 Å². The predicted molar refractivity (Wildman–Crippen MR) is 115 cm³/mol. The van der Waals surface area contributed by atoms with Crippen LogP contribution in [0.15, 0.2) is 22.7 Å². The molecule has 30 heavy (non-hydrogen) atoms. The van der Waals surface area contributed by atoms with Crippen molar-refractivity contribution in [3.05, 3.63) is 50.3 Å². The minimum absolute atomic E-state index is 0.268. The second-order valence-corrected chi connectivity index (χ2v) is 8.51. The number of fused-ring (bicyclic) bond motifs is 1. The summed E-state index contributed by atoms with van der Waals surface area (Å²) in [6, 6.07) is 1.91. The summed E-state index contributed by atoms with van der Waals surface area (Å²) in [5.74, 6) is -0.546. The van der Waals surface area contributed by atoms with Crippen LogP contribution in [0, 0.1) is 0 Å². The summed E-state index contributed by atoms with van der Waals surface area (Å²) in [6.07, 6.45) is 4.81. The van der Waals surface area contributed by atoms with Gasteiger partial charge in [0.05, 0.1) is 28.8 Å². The van der Waals surface area contributed by atoms with Gasteiger partial charge < -0.3 is 10.3 Å². The first kappa shape index (κ1) is 19.9. The van der Waals surface area contributed by atoms with E-state index in [1.807, 2.05) is 13.1 Å². The smallest absolute Gasteiger partial charge is 0.277 e. The highest BCUT2D eigenvalue weighted by Crippen LogP contribution is 2.30. The molecule has 0 saturated heterocycles. The number of nitrogens with zero attached hydrogens (tertiary/aromatic N) is 6.